The summed E-state index contributed by atoms with van der Waals surface area (Å²) in [6.45, 7) is 0.909. The molecule has 1 saturated heterocycles. The molecular weight excluding hydrogens is 282 g/mol. The molecule has 4 heteroatoms. The lowest BCUT2D eigenvalue weighted by atomic mass is 9.85. The number of likely N-dealkylation sites (tertiary alicyclic amines) is 1. The van der Waals surface area contributed by atoms with Gasteiger partial charge in [-0.05, 0) is 47.2 Å². The molecule has 2 heterocycles. The third-order valence-electron chi connectivity index (χ3n) is 4.12. The van der Waals surface area contributed by atoms with Gasteiger partial charge in [0.2, 0.25) is 0 Å². The Kier molecular flexibility index (Phi) is 2.99. The quantitative estimate of drug-likeness (QED) is 0.795. The maximum Gasteiger partial charge on any atom is 0.258 e. The van der Waals surface area contributed by atoms with Crippen molar-refractivity contribution in [2.45, 2.75) is 38.1 Å². The van der Waals surface area contributed by atoms with Gasteiger partial charge >= 0.3 is 0 Å². The van der Waals surface area contributed by atoms with Crippen molar-refractivity contribution in [3.63, 3.8) is 0 Å². The molecule has 1 saturated carbocycles. The van der Waals surface area contributed by atoms with E-state index in [0.717, 1.165) is 12.5 Å². The lowest BCUT2D eigenvalue weighted by Crippen LogP contribution is -2.39. The molecule has 2 unspecified atom stereocenters. The molecular formula is C13H16BrNO2. The van der Waals surface area contributed by atoms with E-state index in [9.17, 15) is 4.79 Å². The summed E-state index contributed by atoms with van der Waals surface area (Å²) in [6.07, 6.45) is 7.79. The molecule has 0 spiro atoms. The highest BCUT2D eigenvalue weighted by atomic mass is 79.9. The average Bonchev–Trinajstić information content (AvgIpc) is 2.94. The van der Waals surface area contributed by atoms with Crippen molar-refractivity contribution in [1.29, 1.82) is 0 Å². The van der Waals surface area contributed by atoms with Gasteiger partial charge in [-0.25, -0.2) is 0 Å². The van der Waals surface area contributed by atoms with Crippen LogP contribution in [0.4, 0.5) is 0 Å². The first kappa shape index (κ1) is 11.3. The largest absolute Gasteiger partial charge is 0.457 e. The van der Waals surface area contributed by atoms with Gasteiger partial charge in [0.1, 0.15) is 0 Å². The number of carbonyl (C=O) groups excluding carboxylic acids is 1. The molecule has 2 aliphatic rings. The minimum absolute atomic E-state index is 0.125. The van der Waals surface area contributed by atoms with E-state index in [1.165, 1.54) is 32.1 Å². The Hall–Kier alpha value is -0.770. The zero-order chi connectivity index (χ0) is 11.8. The van der Waals surface area contributed by atoms with Gasteiger partial charge in [0.15, 0.2) is 4.67 Å². The number of halogens is 1. The van der Waals surface area contributed by atoms with Crippen LogP contribution in [0.2, 0.25) is 0 Å². The van der Waals surface area contributed by atoms with Crippen LogP contribution in [0.25, 0.3) is 0 Å². The Morgan fingerprint density at radius 2 is 2.18 bits per heavy atom. The summed E-state index contributed by atoms with van der Waals surface area (Å²) >= 11 is 3.29. The summed E-state index contributed by atoms with van der Waals surface area (Å²) in [7, 11) is 0. The highest BCUT2D eigenvalue weighted by molar-refractivity contribution is 9.10. The molecule has 2 atom stereocenters. The SMILES string of the molecule is O=C(c1ccoc1Br)N1CCC2CCCCC21. The molecule has 0 radical (unpaired) electrons. The molecule has 2 fully saturated rings. The van der Waals surface area contributed by atoms with Crippen LogP contribution in [-0.2, 0) is 0 Å². The van der Waals surface area contributed by atoms with Crippen LogP contribution in [0.1, 0.15) is 42.5 Å². The van der Waals surface area contributed by atoms with Crippen molar-refractivity contribution in [3.8, 4) is 0 Å². The average molecular weight is 298 g/mol. The smallest absolute Gasteiger partial charge is 0.258 e. The number of furan rings is 1. The number of fused-ring (bicyclic) bond motifs is 1. The van der Waals surface area contributed by atoms with E-state index in [2.05, 4.69) is 20.8 Å². The van der Waals surface area contributed by atoms with E-state index in [-0.39, 0.29) is 5.91 Å². The van der Waals surface area contributed by atoms with Gasteiger partial charge in [-0.2, -0.15) is 0 Å². The number of amides is 1. The van der Waals surface area contributed by atoms with E-state index in [0.29, 0.717) is 16.3 Å². The standard InChI is InChI=1S/C13H16BrNO2/c14-12-10(6-8-17-12)13(16)15-7-5-9-3-1-2-4-11(9)15/h6,8-9,11H,1-5,7H2. The normalized spacial score (nSPS) is 28.2. The summed E-state index contributed by atoms with van der Waals surface area (Å²) in [4.78, 5) is 14.5. The maximum absolute atomic E-state index is 12.4. The Morgan fingerprint density at radius 3 is 2.94 bits per heavy atom. The van der Waals surface area contributed by atoms with Crippen molar-refractivity contribution in [2.24, 2.45) is 5.92 Å². The molecule has 1 aromatic rings. The van der Waals surface area contributed by atoms with Gasteiger partial charge in [0.25, 0.3) is 5.91 Å². The van der Waals surface area contributed by atoms with Crippen molar-refractivity contribution in [1.82, 2.24) is 4.90 Å². The second-order valence-electron chi connectivity index (χ2n) is 5.01. The Labute approximate surface area is 109 Å². The van der Waals surface area contributed by atoms with E-state index in [4.69, 9.17) is 4.42 Å². The zero-order valence-corrected chi connectivity index (χ0v) is 11.3. The number of hydrogen-bond donors (Lipinski definition) is 0. The predicted molar refractivity (Wildman–Crippen MR) is 67.8 cm³/mol. The molecule has 92 valence electrons. The number of carbonyl (C=O) groups is 1. The van der Waals surface area contributed by atoms with Crippen LogP contribution in [0.5, 0.6) is 0 Å². The van der Waals surface area contributed by atoms with E-state index in [1.54, 1.807) is 12.3 Å². The minimum Gasteiger partial charge on any atom is -0.457 e. The molecule has 0 N–H and O–H groups in total. The van der Waals surface area contributed by atoms with Crippen molar-refractivity contribution >= 4 is 21.8 Å². The molecule has 1 aliphatic carbocycles. The van der Waals surface area contributed by atoms with Gasteiger partial charge in [0, 0.05) is 12.6 Å². The lowest BCUT2D eigenvalue weighted by molar-refractivity contribution is 0.0688. The highest BCUT2D eigenvalue weighted by Gasteiger charge is 2.39. The molecule has 1 amide bonds. The van der Waals surface area contributed by atoms with Gasteiger partial charge in [0.05, 0.1) is 11.8 Å². The second kappa shape index (κ2) is 4.48. The lowest BCUT2D eigenvalue weighted by Gasteiger charge is -2.31. The first-order valence-electron chi connectivity index (χ1n) is 6.31. The monoisotopic (exact) mass is 297 g/mol. The fourth-order valence-corrected chi connectivity index (χ4v) is 3.67. The second-order valence-corrected chi connectivity index (χ2v) is 5.73. The van der Waals surface area contributed by atoms with Crippen LogP contribution in [0.15, 0.2) is 21.4 Å². The van der Waals surface area contributed by atoms with E-state index in [1.807, 2.05) is 0 Å². The van der Waals surface area contributed by atoms with Crippen molar-refractivity contribution in [3.05, 3.63) is 22.6 Å². The van der Waals surface area contributed by atoms with Gasteiger partial charge in [-0.15, -0.1) is 0 Å². The summed E-state index contributed by atoms with van der Waals surface area (Å²) in [6, 6.07) is 2.22. The third-order valence-corrected chi connectivity index (χ3v) is 4.73. The number of hydrogen-bond acceptors (Lipinski definition) is 2. The van der Waals surface area contributed by atoms with Crippen molar-refractivity contribution < 1.29 is 9.21 Å². The maximum atomic E-state index is 12.4. The summed E-state index contributed by atoms with van der Waals surface area (Å²) < 4.78 is 5.71. The fraction of sp³-hybridized carbons (Fsp3) is 0.615. The van der Waals surface area contributed by atoms with Crippen LogP contribution in [-0.4, -0.2) is 23.4 Å². The summed E-state index contributed by atoms with van der Waals surface area (Å²) in [5.74, 6) is 0.860. The van der Waals surface area contributed by atoms with Crippen LogP contribution >= 0.6 is 15.9 Å². The molecule has 0 bridgehead atoms. The van der Waals surface area contributed by atoms with Gasteiger partial charge < -0.3 is 9.32 Å². The Balaban J connectivity index is 1.81. The molecule has 3 rings (SSSR count). The van der Waals surface area contributed by atoms with Gasteiger partial charge in [-0.1, -0.05) is 12.8 Å². The minimum atomic E-state index is 0.125. The number of nitrogens with zero attached hydrogens (tertiary/aromatic N) is 1. The first-order chi connectivity index (χ1) is 8.27. The summed E-state index contributed by atoms with van der Waals surface area (Å²) in [5.41, 5.74) is 0.663. The Morgan fingerprint density at radius 1 is 1.35 bits per heavy atom. The predicted octanol–water partition coefficient (Wildman–Crippen LogP) is 3.45. The molecule has 17 heavy (non-hydrogen) atoms. The molecule has 1 aromatic heterocycles. The molecule has 1 aliphatic heterocycles. The fourth-order valence-electron chi connectivity index (χ4n) is 3.26. The van der Waals surface area contributed by atoms with E-state index >= 15 is 0 Å². The first-order valence-corrected chi connectivity index (χ1v) is 7.10. The highest BCUT2D eigenvalue weighted by Crippen LogP contribution is 2.37. The van der Waals surface area contributed by atoms with Crippen LogP contribution < -0.4 is 0 Å². The van der Waals surface area contributed by atoms with Crippen LogP contribution in [0, 0.1) is 5.92 Å². The zero-order valence-electron chi connectivity index (χ0n) is 9.69. The topological polar surface area (TPSA) is 33.5 Å². The van der Waals surface area contributed by atoms with Gasteiger partial charge in [-0.3, -0.25) is 4.79 Å². The molecule has 0 aromatic carbocycles. The third kappa shape index (κ3) is 1.92. The number of rotatable bonds is 1. The Bertz CT molecular complexity index is 429. The molecule has 3 nitrogen and oxygen atoms in total. The van der Waals surface area contributed by atoms with Crippen LogP contribution in [0.3, 0.4) is 0 Å². The summed E-state index contributed by atoms with van der Waals surface area (Å²) in [5, 5.41) is 0. The van der Waals surface area contributed by atoms with E-state index < -0.39 is 0 Å². The van der Waals surface area contributed by atoms with Crippen molar-refractivity contribution in [2.75, 3.05) is 6.54 Å².